The van der Waals surface area contributed by atoms with Crippen LogP contribution < -0.4 is 15.4 Å². The number of halogens is 4. The Kier molecular flexibility index (Phi) is 5.92. The summed E-state index contributed by atoms with van der Waals surface area (Å²) in [6, 6.07) is 11.0. The van der Waals surface area contributed by atoms with E-state index in [4.69, 9.17) is 16.3 Å². The number of hydrogen-bond acceptors (Lipinski definition) is 2. The molecule has 2 N–H and O–H groups in total. The molecule has 2 rings (SSSR count). The molecule has 4 nitrogen and oxygen atoms in total. The van der Waals surface area contributed by atoms with Gasteiger partial charge in [-0.25, -0.2) is 4.79 Å². The van der Waals surface area contributed by atoms with Crippen molar-refractivity contribution in [2.45, 2.75) is 6.18 Å². The van der Waals surface area contributed by atoms with Crippen LogP contribution in [0.3, 0.4) is 0 Å². The number of anilines is 1. The molecule has 0 heterocycles. The van der Waals surface area contributed by atoms with Gasteiger partial charge in [0.25, 0.3) is 0 Å². The number of amides is 2. The van der Waals surface area contributed by atoms with Crippen LogP contribution in [-0.2, 0) is 6.18 Å². The molecule has 0 fully saturated rings. The molecule has 0 aliphatic carbocycles. The van der Waals surface area contributed by atoms with Gasteiger partial charge in [0.05, 0.1) is 22.8 Å². The lowest BCUT2D eigenvalue weighted by Crippen LogP contribution is -2.32. The summed E-state index contributed by atoms with van der Waals surface area (Å²) in [4.78, 5) is 11.7. The average Bonchev–Trinajstić information content (AvgIpc) is 2.53. The van der Waals surface area contributed by atoms with Gasteiger partial charge in [-0.2, -0.15) is 13.2 Å². The van der Waals surface area contributed by atoms with Crippen molar-refractivity contribution in [2.75, 3.05) is 18.5 Å². The van der Waals surface area contributed by atoms with Crippen molar-refractivity contribution in [3.8, 4) is 5.75 Å². The number of para-hydroxylation sites is 1. The largest absolute Gasteiger partial charge is 0.492 e. The normalized spacial score (nSPS) is 11.0. The third-order valence-electron chi connectivity index (χ3n) is 2.94. The van der Waals surface area contributed by atoms with E-state index in [-0.39, 0.29) is 23.9 Å². The van der Waals surface area contributed by atoms with Gasteiger partial charge in [-0.15, -0.1) is 0 Å². The molecule has 0 unspecified atom stereocenters. The van der Waals surface area contributed by atoms with Gasteiger partial charge in [0.15, 0.2) is 0 Å². The van der Waals surface area contributed by atoms with Gasteiger partial charge in [0.2, 0.25) is 0 Å². The van der Waals surface area contributed by atoms with Gasteiger partial charge in [0.1, 0.15) is 12.4 Å². The van der Waals surface area contributed by atoms with E-state index in [0.717, 1.165) is 18.2 Å². The molecule has 0 atom stereocenters. The highest BCUT2D eigenvalue weighted by Crippen LogP contribution is 2.33. The molecule has 0 aromatic heterocycles. The minimum atomic E-state index is -4.51. The standard InChI is InChI=1S/C16H14ClF3N2O2/c17-13-7-6-11(16(18,19)20)10-14(13)22-15(23)21-8-9-24-12-4-2-1-3-5-12/h1-7,10H,8-9H2,(H2,21,22,23). The van der Waals surface area contributed by atoms with Crippen molar-refractivity contribution in [1.29, 1.82) is 0 Å². The first-order chi connectivity index (χ1) is 11.4. The fraction of sp³-hybridized carbons (Fsp3) is 0.188. The summed E-state index contributed by atoms with van der Waals surface area (Å²) >= 11 is 5.80. The van der Waals surface area contributed by atoms with E-state index in [0.29, 0.717) is 5.75 Å². The van der Waals surface area contributed by atoms with Gasteiger partial charge in [-0.3, -0.25) is 0 Å². The highest BCUT2D eigenvalue weighted by molar-refractivity contribution is 6.33. The topological polar surface area (TPSA) is 50.4 Å². The molecule has 128 valence electrons. The monoisotopic (exact) mass is 358 g/mol. The second-order valence-electron chi connectivity index (χ2n) is 4.73. The highest BCUT2D eigenvalue weighted by Gasteiger charge is 2.31. The number of carbonyl (C=O) groups excluding carboxylic acids is 1. The Morgan fingerprint density at radius 2 is 1.83 bits per heavy atom. The zero-order chi connectivity index (χ0) is 17.6. The van der Waals surface area contributed by atoms with E-state index in [1.165, 1.54) is 0 Å². The SMILES string of the molecule is O=C(NCCOc1ccccc1)Nc1cc(C(F)(F)F)ccc1Cl. The lowest BCUT2D eigenvalue weighted by molar-refractivity contribution is -0.137. The summed E-state index contributed by atoms with van der Waals surface area (Å²) in [5.74, 6) is 0.653. The van der Waals surface area contributed by atoms with Crippen LogP contribution in [0, 0.1) is 0 Å². The predicted molar refractivity (Wildman–Crippen MR) is 85.4 cm³/mol. The summed E-state index contributed by atoms with van der Waals surface area (Å²) in [5.41, 5.74) is -1.01. The van der Waals surface area contributed by atoms with E-state index in [9.17, 15) is 18.0 Å². The fourth-order valence-electron chi connectivity index (χ4n) is 1.81. The lowest BCUT2D eigenvalue weighted by atomic mass is 10.2. The lowest BCUT2D eigenvalue weighted by Gasteiger charge is -2.12. The first-order valence-corrected chi connectivity index (χ1v) is 7.33. The first-order valence-electron chi connectivity index (χ1n) is 6.96. The molecule has 0 aliphatic rings. The zero-order valence-electron chi connectivity index (χ0n) is 12.4. The molecular weight excluding hydrogens is 345 g/mol. The highest BCUT2D eigenvalue weighted by atomic mass is 35.5. The summed E-state index contributed by atoms with van der Waals surface area (Å²) in [6.07, 6.45) is -4.51. The van der Waals surface area contributed by atoms with Crippen molar-refractivity contribution < 1.29 is 22.7 Å². The van der Waals surface area contributed by atoms with Gasteiger partial charge < -0.3 is 15.4 Å². The van der Waals surface area contributed by atoms with Crippen molar-refractivity contribution >= 4 is 23.3 Å². The molecule has 0 aliphatic heterocycles. The second-order valence-corrected chi connectivity index (χ2v) is 5.14. The van der Waals surface area contributed by atoms with Crippen molar-refractivity contribution in [3.05, 3.63) is 59.1 Å². The minimum absolute atomic E-state index is 0.0127. The zero-order valence-corrected chi connectivity index (χ0v) is 13.1. The van der Waals surface area contributed by atoms with Crippen LogP contribution in [0.1, 0.15) is 5.56 Å². The number of rotatable bonds is 5. The maximum Gasteiger partial charge on any atom is 0.416 e. The van der Waals surface area contributed by atoms with Crippen LogP contribution >= 0.6 is 11.6 Å². The van der Waals surface area contributed by atoms with Gasteiger partial charge >= 0.3 is 12.2 Å². The maximum absolute atomic E-state index is 12.7. The molecule has 0 bridgehead atoms. The van der Waals surface area contributed by atoms with Crippen LogP contribution in [0.2, 0.25) is 5.02 Å². The summed E-state index contributed by atoms with van der Waals surface area (Å²) in [5, 5.41) is 4.77. The Labute approximate surface area is 141 Å². The number of alkyl halides is 3. The molecular formula is C16H14ClF3N2O2. The molecule has 0 spiro atoms. The summed E-state index contributed by atoms with van der Waals surface area (Å²) in [7, 11) is 0. The Morgan fingerprint density at radius 1 is 1.12 bits per heavy atom. The summed E-state index contributed by atoms with van der Waals surface area (Å²) < 4.78 is 43.4. The molecule has 2 aromatic rings. The first kappa shape index (κ1) is 17.9. The number of urea groups is 1. The molecule has 2 amide bonds. The van der Waals surface area contributed by atoms with Crippen LogP contribution in [0.5, 0.6) is 5.75 Å². The quantitative estimate of drug-likeness (QED) is 0.770. The van der Waals surface area contributed by atoms with E-state index in [1.807, 2.05) is 18.2 Å². The van der Waals surface area contributed by atoms with E-state index < -0.39 is 17.8 Å². The number of nitrogens with one attached hydrogen (secondary N) is 2. The Morgan fingerprint density at radius 3 is 2.50 bits per heavy atom. The van der Waals surface area contributed by atoms with Crippen LogP contribution in [0.15, 0.2) is 48.5 Å². The minimum Gasteiger partial charge on any atom is -0.492 e. The molecule has 8 heteroatoms. The van der Waals surface area contributed by atoms with Gasteiger partial charge in [-0.1, -0.05) is 29.8 Å². The van der Waals surface area contributed by atoms with Crippen molar-refractivity contribution in [1.82, 2.24) is 5.32 Å². The van der Waals surface area contributed by atoms with E-state index in [2.05, 4.69) is 10.6 Å². The van der Waals surface area contributed by atoms with Crippen molar-refractivity contribution in [3.63, 3.8) is 0 Å². The van der Waals surface area contributed by atoms with Crippen LogP contribution in [0.4, 0.5) is 23.7 Å². The number of benzene rings is 2. The number of ether oxygens (including phenoxy) is 1. The third kappa shape index (κ3) is 5.34. The maximum atomic E-state index is 12.7. The Hall–Kier alpha value is -2.41. The van der Waals surface area contributed by atoms with Crippen LogP contribution in [0.25, 0.3) is 0 Å². The average molecular weight is 359 g/mol. The van der Waals surface area contributed by atoms with E-state index >= 15 is 0 Å². The molecule has 24 heavy (non-hydrogen) atoms. The number of carbonyl (C=O) groups is 1. The fourth-order valence-corrected chi connectivity index (χ4v) is 1.98. The van der Waals surface area contributed by atoms with E-state index in [1.54, 1.807) is 12.1 Å². The Bertz CT molecular complexity index is 693. The predicted octanol–water partition coefficient (Wildman–Crippen LogP) is 4.56. The molecule has 0 radical (unpaired) electrons. The summed E-state index contributed by atoms with van der Waals surface area (Å²) in [6.45, 7) is 0.394. The van der Waals surface area contributed by atoms with Gasteiger partial charge in [0, 0.05) is 0 Å². The smallest absolute Gasteiger partial charge is 0.416 e. The van der Waals surface area contributed by atoms with Crippen molar-refractivity contribution in [2.24, 2.45) is 0 Å². The molecule has 0 saturated carbocycles. The number of hydrogen-bond donors (Lipinski definition) is 2. The van der Waals surface area contributed by atoms with Gasteiger partial charge in [-0.05, 0) is 30.3 Å². The molecule has 2 aromatic carbocycles. The second kappa shape index (κ2) is 7.92. The Balaban J connectivity index is 1.84. The third-order valence-corrected chi connectivity index (χ3v) is 3.27. The molecule has 0 saturated heterocycles. The van der Waals surface area contributed by atoms with Crippen LogP contribution in [-0.4, -0.2) is 19.2 Å².